The fourth-order valence-corrected chi connectivity index (χ4v) is 1.08. The predicted octanol–water partition coefficient (Wildman–Crippen LogP) is 1.15. The molecule has 4 heteroatoms. The summed E-state index contributed by atoms with van der Waals surface area (Å²) < 4.78 is 4.88. The molecule has 1 heterocycles. The highest BCUT2D eigenvalue weighted by atomic mass is 16.4. The van der Waals surface area contributed by atoms with Gasteiger partial charge in [0.05, 0.1) is 0 Å². The average Bonchev–Trinajstić information content (AvgIpc) is 2.71. The quantitative estimate of drug-likeness (QED) is 0.745. The maximum Gasteiger partial charge on any atom is 0.249 e. The Morgan fingerprint density at radius 2 is 2.00 bits per heavy atom. The van der Waals surface area contributed by atoms with E-state index < -0.39 is 6.10 Å². The van der Waals surface area contributed by atoms with E-state index in [1.54, 1.807) is 12.1 Å². The van der Waals surface area contributed by atoms with Crippen LogP contribution >= 0.6 is 0 Å². The van der Waals surface area contributed by atoms with Crippen molar-refractivity contribution in [2.45, 2.75) is 6.10 Å². The first-order valence-electron chi connectivity index (χ1n) is 3.87. The summed E-state index contributed by atoms with van der Waals surface area (Å²) in [5, 5.41) is 16.8. The summed E-state index contributed by atoms with van der Waals surface area (Å²) in [6.07, 6.45) is 0.366. The van der Waals surface area contributed by atoms with Gasteiger partial charge in [-0.15, -0.1) is 10.2 Å². The van der Waals surface area contributed by atoms with E-state index in [2.05, 4.69) is 10.2 Å². The first-order chi connectivity index (χ1) is 6.38. The van der Waals surface area contributed by atoms with Crippen molar-refractivity contribution in [1.82, 2.24) is 10.2 Å². The van der Waals surface area contributed by atoms with Crippen LogP contribution in [0.2, 0.25) is 0 Å². The van der Waals surface area contributed by atoms with Gasteiger partial charge >= 0.3 is 0 Å². The SMILES string of the molecule is O[C@@H](c1ccccc1)c1nnco1. The Morgan fingerprint density at radius 1 is 1.23 bits per heavy atom. The topological polar surface area (TPSA) is 59.2 Å². The zero-order valence-corrected chi connectivity index (χ0v) is 6.79. The Bertz CT molecular complexity index is 358. The van der Waals surface area contributed by atoms with Crippen molar-refractivity contribution in [2.24, 2.45) is 0 Å². The molecule has 2 rings (SSSR count). The van der Waals surface area contributed by atoms with Crippen molar-refractivity contribution in [3.05, 3.63) is 48.2 Å². The normalized spacial score (nSPS) is 12.7. The minimum Gasteiger partial charge on any atom is -0.425 e. The van der Waals surface area contributed by atoms with Crippen molar-refractivity contribution >= 4 is 0 Å². The monoisotopic (exact) mass is 176 g/mol. The molecular weight excluding hydrogens is 168 g/mol. The van der Waals surface area contributed by atoms with Gasteiger partial charge < -0.3 is 9.52 Å². The largest absolute Gasteiger partial charge is 0.425 e. The highest BCUT2D eigenvalue weighted by molar-refractivity contribution is 5.20. The molecule has 0 amide bonds. The summed E-state index contributed by atoms with van der Waals surface area (Å²) in [6.45, 7) is 0. The van der Waals surface area contributed by atoms with Crippen LogP contribution in [0.3, 0.4) is 0 Å². The van der Waals surface area contributed by atoms with E-state index in [0.29, 0.717) is 0 Å². The van der Waals surface area contributed by atoms with E-state index in [9.17, 15) is 5.11 Å². The summed E-state index contributed by atoms with van der Waals surface area (Å²) in [7, 11) is 0. The molecule has 4 nitrogen and oxygen atoms in total. The lowest BCUT2D eigenvalue weighted by atomic mass is 10.1. The molecule has 2 aromatic rings. The van der Waals surface area contributed by atoms with Crippen molar-refractivity contribution in [1.29, 1.82) is 0 Å². The van der Waals surface area contributed by atoms with Crippen LogP contribution in [0.4, 0.5) is 0 Å². The second kappa shape index (κ2) is 3.37. The maximum atomic E-state index is 9.68. The molecule has 0 aliphatic rings. The van der Waals surface area contributed by atoms with Gasteiger partial charge in [0.15, 0.2) is 6.10 Å². The number of hydrogen-bond acceptors (Lipinski definition) is 4. The van der Waals surface area contributed by atoms with Gasteiger partial charge in [0.1, 0.15) is 0 Å². The van der Waals surface area contributed by atoms with Crippen LogP contribution in [0.5, 0.6) is 0 Å². The van der Waals surface area contributed by atoms with Gasteiger partial charge in [0.25, 0.3) is 0 Å². The van der Waals surface area contributed by atoms with Gasteiger partial charge in [-0.05, 0) is 5.56 Å². The molecule has 1 aromatic carbocycles. The van der Waals surface area contributed by atoms with Crippen LogP contribution in [-0.2, 0) is 0 Å². The van der Waals surface area contributed by atoms with Crippen LogP contribution < -0.4 is 0 Å². The zero-order valence-electron chi connectivity index (χ0n) is 6.79. The Labute approximate surface area is 74.8 Å². The molecule has 0 spiro atoms. The molecule has 0 aliphatic heterocycles. The predicted molar refractivity (Wildman–Crippen MR) is 44.8 cm³/mol. The van der Waals surface area contributed by atoms with Gasteiger partial charge in [0, 0.05) is 0 Å². The number of benzene rings is 1. The highest BCUT2D eigenvalue weighted by Crippen LogP contribution is 2.18. The fourth-order valence-electron chi connectivity index (χ4n) is 1.08. The van der Waals surface area contributed by atoms with Gasteiger partial charge in [0.2, 0.25) is 12.3 Å². The highest BCUT2D eigenvalue weighted by Gasteiger charge is 2.14. The lowest BCUT2D eigenvalue weighted by Crippen LogP contribution is -1.99. The third-order valence-corrected chi connectivity index (χ3v) is 1.73. The first kappa shape index (κ1) is 7.94. The Hall–Kier alpha value is -1.68. The van der Waals surface area contributed by atoms with Gasteiger partial charge in [-0.25, -0.2) is 0 Å². The van der Waals surface area contributed by atoms with Crippen LogP contribution in [0.15, 0.2) is 41.1 Å². The summed E-state index contributed by atoms with van der Waals surface area (Å²) in [4.78, 5) is 0. The lowest BCUT2D eigenvalue weighted by Gasteiger charge is -2.04. The van der Waals surface area contributed by atoms with Crippen molar-refractivity contribution in [2.75, 3.05) is 0 Å². The molecule has 0 fully saturated rings. The Kier molecular flexibility index (Phi) is 2.06. The number of rotatable bonds is 2. The first-order valence-corrected chi connectivity index (χ1v) is 3.87. The molecule has 0 saturated carbocycles. The summed E-state index contributed by atoms with van der Waals surface area (Å²) in [6, 6.07) is 9.16. The van der Waals surface area contributed by atoms with Gasteiger partial charge in [-0.3, -0.25) is 0 Å². The van der Waals surface area contributed by atoms with Crippen LogP contribution in [0.1, 0.15) is 17.6 Å². The molecule has 66 valence electrons. The van der Waals surface area contributed by atoms with E-state index >= 15 is 0 Å². The second-order valence-electron chi connectivity index (χ2n) is 2.59. The molecule has 1 aromatic heterocycles. The van der Waals surface area contributed by atoms with Crippen LogP contribution in [0.25, 0.3) is 0 Å². The molecule has 0 unspecified atom stereocenters. The summed E-state index contributed by atoms with van der Waals surface area (Å²) in [5.41, 5.74) is 0.742. The Balaban J connectivity index is 2.29. The molecule has 0 saturated heterocycles. The molecule has 0 aliphatic carbocycles. The van der Waals surface area contributed by atoms with E-state index in [4.69, 9.17) is 4.42 Å². The second-order valence-corrected chi connectivity index (χ2v) is 2.59. The van der Waals surface area contributed by atoms with Gasteiger partial charge in [-0.2, -0.15) is 0 Å². The van der Waals surface area contributed by atoms with E-state index in [-0.39, 0.29) is 5.89 Å². The summed E-state index contributed by atoms with van der Waals surface area (Å²) >= 11 is 0. The molecule has 13 heavy (non-hydrogen) atoms. The third kappa shape index (κ3) is 1.57. The molecule has 0 bridgehead atoms. The number of aliphatic hydroxyl groups is 1. The fraction of sp³-hybridized carbons (Fsp3) is 0.111. The molecule has 0 radical (unpaired) electrons. The van der Waals surface area contributed by atoms with Crippen molar-refractivity contribution in [3.63, 3.8) is 0 Å². The van der Waals surface area contributed by atoms with Crippen molar-refractivity contribution in [3.8, 4) is 0 Å². The molecular formula is C9H8N2O2. The van der Waals surface area contributed by atoms with Gasteiger partial charge in [-0.1, -0.05) is 30.3 Å². The summed E-state index contributed by atoms with van der Waals surface area (Å²) in [5.74, 6) is 0.214. The van der Waals surface area contributed by atoms with E-state index in [0.717, 1.165) is 5.56 Å². The smallest absolute Gasteiger partial charge is 0.249 e. The third-order valence-electron chi connectivity index (χ3n) is 1.73. The van der Waals surface area contributed by atoms with Crippen molar-refractivity contribution < 1.29 is 9.52 Å². The zero-order chi connectivity index (χ0) is 9.10. The van der Waals surface area contributed by atoms with Crippen LogP contribution in [0, 0.1) is 0 Å². The minimum absolute atomic E-state index is 0.214. The average molecular weight is 176 g/mol. The van der Waals surface area contributed by atoms with E-state index in [1.165, 1.54) is 6.39 Å². The maximum absolute atomic E-state index is 9.68. The standard InChI is InChI=1S/C9H8N2O2/c12-8(9-11-10-6-13-9)7-4-2-1-3-5-7/h1-6,8,12H/t8-/m0/s1. The lowest BCUT2D eigenvalue weighted by molar-refractivity contribution is 0.182. The number of aliphatic hydroxyl groups excluding tert-OH is 1. The molecule has 1 atom stereocenters. The Morgan fingerprint density at radius 3 is 2.62 bits per heavy atom. The number of nitrogens with zero attached hydrogens (tertiary/aromatic N) is 2. The number of aromatic nitrogens is 2. The number of hydrogen-bond donors (Lipinski definition) is 1. The van der Waals surface area contributed by atoms with E-state index in [1.807, 2.05) is 18.2 Å². The molecule has 1 N–H and O–H groups in total. The van der Waals surface area contributed by atoms with Crippen LogP contribution in [-0.4, -0.2) is 15.3 Å². The minimum atomic E-state index is -0.830.